The van der Waals surface area contributed by atoms with Gasteiger partial charge in [0.05, 0.1) is 0 Å². The van der Waals surface area contributed by atoms with Gasteiger partial charge in [-0.1, -0.05) is 69.4 Å². The Hall–Kier alpha value is -1.84. The fourth-order valence-electron chi connectivity index (χ4n) is 2.27. The Kier molecular flexibility index (Phi) is 6.85. The van der Waals surface area contributed by atoms with Gasteiger partial charge in [-0.2, -0.15) is 0 Å². The number of rotatable bonds is 8. The average molecular weight is 397 g/mol. The van der Waals surface area contributed by atoms with Gasteiger partial charge in [0, 0.05) is 12.0 Å². The van der Waals surface area contributed by atoms with Gasteiger partial charge in [0.1, 0.15) is 0 Å². The molecule has 0 radical (unpaired) electrons. The van der Waals surface area contributed by atoms with E-state index in [2.05, 4.69) is 20.2 Å². The third-order valence-corrected chi connectivity index (χ3v) is 6.28. The minimum Gasteiger partial charge on any atom is -0.300 e. The van der Waals surface area contributed by atoms with Crippen molar-refractivity contribution in [3.05, 3.63) is 35.9 Å². The third kappa shape index (κ3) is 5.58. The maximum atomic E-state index is 12.7. The van der Waals surface area contributed by atoms with Gasteiger partial charge >= 0.3 is 0 Å². The normalized spacial score (nSPS) is 13.2. The van der Waals surface area contributed by atoms with Gasteiger partial charge in [-0.3, -0.25) is 4.79 Å². The smallest absolute Gasteiger partial charge is 0.270 e. The van der Waals surface area contributed by atoms with Crippen molar-refractivity contribution >= 4 is 32.4 Å². The predicted octanol–water partition coefficient (Wildman–Crippen LogP) is 3.20. The minimum absolute atomic E-state index is 0.166. The van der Waals surface area contributed by atoms with Crippen LogP contribution in [0.5, 0.6) is 0 Å². The number of nitrogens with one attached hydrogen (secondary N) is 2. The number of anilines is 1. The fourth-order valence-corrected chi connectivity index (χ4v) is 4.42. The maximum absolute atomic E-state index is 12.7. The van der Waals surface area contributed by atoms with E-state index in [1.54, 1.807) is 13.8 Å². The van der Waals surface area contributed by atoms with Crippen molar-refractivity contribution in [2.75, 3.05) is 5.32 Å². The summed E-state index contributed by atoms with van der Waals surface area (Å²) in [5, 5.41) is 10.2. The van der Waals surface area contributed by atoms with Crippen LogP contribution in [0.1, 0.15) is 45.7 Å². The van der Waals surface area contributed by atoms with Gasteiger partial charge in [0.2, 0.25) is 15.4 Å². The summed E-state index contributed by atoms with van der Waals surface area (Å²) in [6.45, 7) is 7.56. The van der Waals surface area contributed by atoms with Crippen molar-refractivity contribution in [1.29, 1.82) is 0 Å². The molecule has 142 valence electrons. The van der Waals surface area contributed by atoms with Crippen molar-refractivity contribution in [3.63, 3.8) is 0 Å². The van der Waals surface area contributed by atoms with E-state index in [1.807, 2.05) is 44.2 Å². The first-order chi connectivity index (χ1) is 12.2. The highest BCUT2D eigenvalue weighted by molar-refractivity contribution is 7.91. The molecule has 0 aliphatic rings. The van der Waals surface area contributed by atoms with E-state index >= 15 is 0 Å². The summed E-state index contributed by atoms with van der Waals surface area (Å²) >= 11 is 0.837. The molecule has 2 rings (SSSR count). The van der Waals surface area contributed by atoms with E-state index < -0.39 is 10.0 Å². The van der Waals surface area contributed by atoms with Crippen LogP contribution in [0.2, 0.25) is 0 Å². The SMILES string of the molecule is CC(C)C[C@H](NS(=O)(=O)c1nnc(NC(=O)C(C)C)s1)c1ccccc1. The molecule has 26 heavy (non-hydrogen) atoms. The molecule has 0 unspecified atom stereocenters. The molecule has 0 aliphatic heterocycles. The van der Waals surface area contributed by atoms with Gasteiger partial charge in [-0.25, -0.2) is 13.1 Å². The Morgan fingerprint density at radius 3 is 2.35 bits per heavy atom. The second-order valence-corrected chi connectivity index (χ2v) is 9.60. The molecule has 0 fully saturated rings. The third-order valence-electron chi connectivity index (χ3n) is 3.60. The number of hydrogen-bond acceptors (Lipinski definition) is 6. The number of carbonyl (C=O) groups is 1. The van der Waals surface area contributed by atoms with Crippen LogP contribution in [0, 0.1) is 11.8 Å². The molecule has 0 saturated carbocycles. The van der Waals surface area contributed by atoms with Crippen LogP contribution < -0.4 is 10.0 Å². The summed E-state index contributed by atoms with van der Waals surface area (Å²) in [6, 6.07) is 9.06. The van der Waals surface area contributed by atoms with Crippen LogP contribution in [0.15, 0.2) is 34.7 Å². The van der Waals surface area contributed by atoms with Gasteiger partial charge in [-0.15, -0.1) is 10.2 Å². The first kappa shape index (κ1) is 20.5. The summed E-state index contributed by atoms with van der Waals surface area (Å²) in [7, 11) is -3.84. The van der Waals surface area contributed by atoms with Crippen molar-refractivity contribution in [2.24, 2.45) is 11.8 Å². The molecule has 2 N–H and O–H groups in total. The highest BCUT2D eigenvalue weighted by Crippen LogP contribution is 2.26. The van der Waals surface area contributed by atoms with E-state index in [-0.39, 0.29) is 27.3 Å². The first-order valence-corrected chi connectivity index (χ1v) is 10.7. The molecular formula is C17H24N4O3S2. The molecule has 1 heterocycles. The number of aromatic nitrogens is 2. The monoisotopic (exact) mass is 396 g/mol. The Balaban J connectivity index is 2.20. The van der Waals surface area contributed by atoms with Crippen LogP contribution in [-0.2, 0) is 14.8 Å². The average Bonchev–Trinajstić information content (AvgIpc) is 3.04. The molecule has 9 heteroatoms. The second kappa shape index (κ2) is 8.70. The largest absolute Gasteiger partial charge is 0.300 e. The summed E-state index contributed by atoms with van der Waals surface area (Å²) in [5.74, 6) is -0.163. The van der Waals surface area contributed by atoms with Crippen LogP contribution >= 0.6 is 11.3 Å². The zero-order chi connectivity index (χ0) is 19.3. The molecule has 1 amide bonds. The molecule has 1 aromatic heterocycles. The van der Waals surface area contributed by atoms with E-state index in [0.717, 1.165) is 16.9 Å². The standard InChI is InChI=1S/C17H24N4O3S2/c1-11(2)10-14(13-8-6-5-7-9-13)21-26(23,24)17-20-19-16(25-17)18-15(22)12(3)4/h5-9,11-12,14,21H,10H2,1-4H3,(H,18,19,22)/t14-/m0/s1. The molecular weight excluding hydrogens is 372 g/mol. The van der Waals surface area contributed by atoms with E-state index in [9.17, 15) is 13.2 Å². The highest BCUT2D eigenvalue weighted by atomic mass is 32.2. The lowest BCUT2D eigenvalue weighted by molar-refractivity contribution is -0.118. The van der Waals surface area contributed by atoms with Gasteiger partial charge < -0.3 is 5.32 Å². The van der Waals surface area contributed by atoms with Gasteiger partial charge in [0.15, 0.2) is 0 Å². The first-order valence-electron chi connectivity index (χ1n) is 8.40. The molecule has 7 nitrogen and oxygen atoms in total. The minimum atomic E-state index is -3.84. The van der Waals surface area contributed by atoms with Crippen LogP contribution in [0.3, 0.4) is 0 Å². The Labute approximate surface area is 158 Å². The summed E-state index contributed by atoms with van der Waals surface area (Å²) in [6.07, 6.45) is 0.652. The van der Waals surface area contributed by atoms with E-state index in [0.29, 0.717) is 12.3 Å². The number of amides is 1. The number of hydrogen-bond donors (Lipinski definition) is 2. The molecule has 0 saturated heterocycles. The van der Waals surface area contributed by atoms with Gasteiger partial charge in [0.25, 0.3) is 10.0 Å². The van der Waals surface area contributed by atoms with Gasteiger partial charge in [-0.05, 0) is 17.9 Å². The number of nitrogens with zero attached hydrogens (tertiary/aromatic N) is 2. The molecule has 1 atom stereocenters. The molecule has 0 bridgehead atoms. The van der Waals surface area contributed by atoms with Crippen LogP contribution in [0.4, 0.5) is 5.13 Å². The number of carbonyl (C=O) groups excluding carboxylic acids is 1. The van der Waals surface area contributed by atoms with Crippen LogP contribution in [-0.4, -0.2) is 24.5 Å². The van der Waals surface area contributed by atoms with E-state index in [1.165, 1.54) is 0 Å². The van der Waals surface area contributed by atoms with Crippen molar-refractivity contribution in [3.8, 4) is 0 Å². The zero-order valence-electron chi connectivity index (χ0n) is 15.3. The molecule has 0 aliphatic carbocycles. The Bertz CT molecular complexity index is 833. The lowest BCUT2D eigenvalue weighted by atomic mass is 9.98. The number of sulfonamides is 1. The van der Waals surface area contributed by atoms with Crippen LogP contribution in [0.25, 0.3) is 0 Å². The highest BCUT2D eigenvalue weighted by Gasteiger charge is 2.26. The Morgan fingerprint density at radius 2 is 1.77 bits per heavy atom. The summed E-state index contributed by atoms with van der Waals surface area (Å²) < 4.78 is 28.0. The molecule has 2 aromatic rings. The predicted molar refractivity (Wildman–Crippen MR) is 102 cm³/mol. The van der Waals surface area contributed by atoms with Crippen molar-refractivity contribution in [1.82, 2.24) is 14.9 Å². The van der Waals surface area contributed by atoms with Crippen molar-refractivity contribution in [2.45, 2.75) is 44.5 Å². The Morgan fingerprint density at radius 1 is 1.12 bits per heavy atom. The summed E-state index contributed by atoms with van der Waals surface area (Å²) in [5.41, 5.74) is 0.891. The quantitative estimate of drug-likeness (QED) is 0.667. The zero-order valence-corrected chi connectivity index (χ0v) is 16.9. The van der Waals surface area contributed by atoms with Crippen molar-refractivity contribution < 1.29 is 13.2 Å². The summed E-state index contributed by atoms with van der Waals surface area (Å²) in [4.78, 5) is 11.7. The number of benzene rings is 1. The second-order valence-electron chi connectivity index (χ2n) is 6.73. The van der Waals surface area contributed by atoms with E-state index in [4.69, 9.17) is 0 Å². The topological polar surface area (TPSA) is 101 Å². The maximum Gasteiger partial charge on any atom is 0.270 e. The lowest BCUT2D eigenvalue weighted by Gasteiger charge is -2.20. The molecule has 0 spiro atoms. The molecule has 1 aromatic carbocycles. The lowest BCUT2D eigenvalue weighted by Crippen LogP contribution is -2.29. The fraction of sp³-hybridized carbons (Fsp3) is 0.471.